The minimum atomic E-state index is -0.346. The van der Waals surface area contributed by atoms with E-state index in [1.54, 1.807) is 0 Å². The van der Waals surface area contributed by atoms with Gasteiger partial charge in [-0.1, -0.05) is 0 Å². The van der Waals surface area contributed by atoms with Crippen molar-refractivity contribution in [1.82, 2.24) is 14.5 Å². The summed E-state index contributed by atoms with van der Waals surface area (Å²) in [6.45, 7) is 0. The molecule has 0 saturated carbocycles. The molecular formula is C2H2ClN3O. The van der Waals surface area contributed by atoms with Gasteiger partial charge in [0.1, 0.15) is 6.20 Å². The lowest BCUT2D eigenvalue weighted by Gasteiger charge is -1.72. The first-order chi connectivity index (χ1) is 3.30. The third kappa shape index (κ3) is 0.640. The van der Waals surface area contributed by atoms with Crippen molar-refractivity contribution in [3.8, 4) is 0 Å². The molecule has 1 heterocycles. The Labute approximate surface area is 43.8 Å². The average molecular weight is 120 g/mol. The van der Waals surface area contributed by atoms with E-state index in [0.29, 0.717) is 0 Å². The van der Waals surface area contributed by atoms with Crippen LogP contribution in [0.15, 0.2) is 11.0 Å². The van der Waals surface area contributed by atoms with Crippen LogP contribution in [0.2, 0.25) is 0 Å². The highest BCUT2D eigenvalue weighted by Crippen LogP contribution is 1.68. The summed E-state index contributed by atoms with van der Waals surface area (Å²) in [5, 5.41) is 5.50. The Kier molecular flexibility index (Phi) is 0.867. The van der Waals surface area contributed by atoms with Crippen molar-refractivity contribution >= 4 is 11.8 Å². The Hall–Kier alpha value is -0.770. The number of aromatic amines is 1. The SMILES string of the molecule is O=c1cn[nH]n1Cl. The van der Waals surface area contributed by atoms with Crippen molar-refractivity contribution in [2.24, 2.45) is 0 Å². The number of aromatic nitrogens is 3. The second-order valence-electron chi connectivity index (χ2n) is 0.977. The van der Waals surface area contributed by atoms with Gasteiger partial charge in [0.25, 0.3) is 0 Å². The molecule has 0 aliphatic carbocycles. The van der Waals surface area contributed by atoms with Gasteiger partial charge in [0, 0.05) is 11.8 Å². The van der Waals surface area contributed by atoms with E-state index in [1.807, 2.05) is 0 Å². The van der Waals surface area contributed by atoms with Crippen molar-refractivity contribution in [3.05, 3.63) is 16.6 Å². The van der Waals surface area contributed by atoms with Gasteiger partial charge in [-0.3, -0.25) is 4.79 Å². The highest BCUT2D eigenvalue weighted by Gasteiger charge is 1.85. The van der Waals surface area contributed by atoms with Crippen molar-refractivity contribution in [2.75, 3.05) is 0 Å². The molecule has 7 heavy (non-hydrogen) atoms. The summed E-state index contributed by atoms with van der Waals surface area (Å²) >= 11 is 5.11. The van der Waals surface area contributed by atoms with Crippen LogP contribution in [0.1, 0.15) is 0 Å². The van der Waals surface area contributed by atoms with E-state index < -0.39 is 0 Å². The van der Waals surface area contributed by atoms with Gasteiger partial charge in [0.2, 0.25) is 0 Å². The molecule has 0 amide bonds. The minimum Gasteiger partial charge on any atom is -0.265 e. The zero-order valence-corrected chi connectivity index (χ0v) is 4.01. The van der Waals surface area contributed by atoms with Gasteiger partial charge in [-0.05, 0) is 0 Å². The van der Waals surface area contributed by atoms with Crippen molar-refractivity contribution in [3.63, 3.8) is 0 Å². The second kappa shape index (κ2) is 1.38. The number of hydrogen-bond acceptors (Lipinski definition) is 2. The molecular weight excluding hydrogens is 117 g/mol. The maximum absolute atomic E-state index is 10.2. The van der Waals surface area contributed by atoms with Crippen LogP contribution in [0.5, 0.6) is 0 Å². The number of H-pyrrole nitrogens is 1. The van der Waals surface area contributed by atoms with Crippen LogP contribution in [0.4, 0.5) is 0 Å². The summed E-state index contributed by atoms with van der Waals surface area (Å²) in [4.78, 5) is 10.2. The molecule has 1 N–H and O–H groups in total. The number of rotatable bonds is 0. The van der Waals surface area contributed by atoms with E-state index >= 15 is 0 Å². The Morgan fingerprint density at radius 3 is 2.86 bits per heavy atom. The van der Waals surface area contributed by atoms with E-state index in [4.69, 9.17) is 11.8 Å². The van der Waals surface area contributed by atoms with Gasteiger partial charge in [-0.25, -0.2) is 5.21 Å². The lowest BCUT2D eigenvalue weighted by molar-refractivity contribution is 0.865. The Bertz CT molecular complexity index is 201. The summed E-state index contributed by atoms with van der Waals surface area (Å²) < 4.78 is 0.764. The Morgan fingerprint density at radius 2 is 2.71 bits per heavy atom. The van der Waals surface area contributed by atoms with Crippen LogP contribution in [-0.2, 0) is 0 Å². The van der Waals surface area contributed by atoms with Gasteiger partial charge < -0.3 is 0 Å². The molecule has 0 aliphatic heterocycles. The zero-order chi connectivity index (χ0) is 5.28. The fourth-order valence-electron chi connectivity index (χ4n) is 0.235. The van der Waals surface area contributed by atoms with E-state index in [-0.39, 0.29) is 5.56 Å². The standard InChI is InChI=1S/C2H2ClN3O/c3-6-2(7)1-4-5-6/h1,5H. The normalized spacial score (nSPS) is 9.29. The van der Waals surface area contributed by atoms with Crippen LogP contribution in [0, 0.1) is 0 Å². The highest BCUT2D eigenvalue weighted by atomic mass is 35.5. The number of nitrogens with zero attached hydrogens (tertiary/aromatic N) is 2. The molecule has 0 aromatic carbocycles. The smallest absolute Gasteiger partial charge is 0.265 e. The van der Waals surface area contributed by atoms with E-state index in [1.165, 1.54) is 0 Å². The summed E-state index contributed by atoms with van der Waals surface area (Å²) in [5.74, 6) is 0. The van der Waals surface area contributed by atoms with Crippen LogP contribution >= 0.6 is 11.8 Å². The summed E-state index contributed by atoms with van der Waals surface area (Å²) in [7, 11) is 0. The Morgan fingerprint density at radius 1 is 2.00 bits per heavy atom. The van der Waals surface area contributed by atoms with Gasteiger partial charge in [-0.15, -0.1) is 4.20 Å². The van der Waals surface area contributed by atoms with Crippen molar-refractivity contribution in [1.29, 1.82) is 0 Å². The third-order valence-electron chi connectivity index (χ3n) is 0.514. The number of halogens is 1. The first-order valence-electron chi connectivity index (χ1n) is 1.59. The largest absolute Gasteiger partial charge is 0.301 e. The van der Waals surface area contributed by atoms with Crippen LogP contribution in [0.25, 0.3) is 0 Å². The molecule has 38 valence electrons. The molecule has 1 aromatic heterocycles. The first-order valence-corrected chi connectivity index (χ1v) is 1.93. The number of nitrogens with one attached hydrogen (secondary N) is 1. The average Bonchev–Trinajstić information content (AvgIpc) is 1.91. The second-order valence-corrected chi connectivity index (χ2v) is 1.32. The van der Waals surface area contributed by atoms with E-state index in [2.05, 4.69) is 10.3 Å². The summed E-state index contributed by atoms with van der Waals surface area (Å²) in [6.07, 6.45) is 1.09. The monoisotopic (exact) mass is 119 g/mol. The van der Waals surface area contributed by atoms with Crippen LogP contribution in [-0.4, -0.2) is 14.5 Å². The van der Waals surface area contributed by atoms with E-state index in [9.17, 15) is 4.79 Å². The lowest BCUT2D eigenvalue weighted by atomic mass is 10.9. The first kappa shape index (κ1) is 4.39. The quantitative estimate of drug-likeness (QED) is 0.504. The van der Waals surface area contributed by atoms with Gasteiger partial charge in [-0.2, -0.15) is 5.10 Å². The summed E-state index contributed by atoms with van der Waals surface area (Å²) in [6, 6.07) is 0. The predicted octanol–water partition coefficient (Wildman–Crippen LogP) is -0.427. The Balaban J connectivity index is 3.39. The molecule has 4 nitrogen and oxygen atoms in total. The molecule has 5 heteroatoms. The molecule has 0 atom stereocenters. The zero-order valence-electron chi connectivity index (χ0n) is 3.26. The molecule has 0 fully saturated rings. The molecule has 0 unspecified atom stereocenters. The van der Waals surface area contributed by atoms with Gasteiger partial charge in [0.05, 0.1) is 0 Å². The topological polar surface area (TPSA) is 50.7 Å². The van der Waals surface area contributed by atoms with Crippen molar-refractivity contribution in [2.45, 2.75) is 0 Å². The van der Waals surface area contributed by atoms with E-state index in [0.717, 1.165) is 10.4 Å². The maximum Gasteiger partial charge on any atom is 0.301 e. The van der Waals surface area contributed by atoms with Gasteiger partial charge >= 0.3 is 5.56 Å². The molecule has 0 radical (unpaired) electrons. The van der Waals surface area contributed by atoms with Crippen LogP contribution < -0.4 is 5.56 Å². The highest BCUT2D eigenvalue weighted by molar-refractivity contribution is 6.14. The van der Waals surface area contributed by atoms with Gasteiger partial charge in [0.15, 0.2) is 0 Å². The summed E-state index contributed by atoms with van der Waals surface area (Å²) in [5.41, 5.74) is -0.346. The minimum absolute atomic E-state index is 0.346. The maximum atomic E-state index is 10.2. The fourth-order valence-corrected chi connectivity index (χ4v) is 0.322. The molecule has 0 spiro atoms. The predicted molar refractivity (Wildman–Crippen MR) is 24.1 cm³/mol. The molecule has 1 rings (SSSR count). The lowest BCUT2D eigenvalue weighted by Crippen LogP contribution is -2.04. The van der Waals surface area contributed by atoms with Crippen LogP contribution in [0.3, 0.4) is 0 Å². The molecule has 0 saturated heterocycles. The molecule has 0 aliphatic rings. The number of hydrogen-bond donors (Lipinski definition) is 1. The molecule has 1 aromatic rings. The molecule has 0 bridgehead atoms. The third-order valence-corrected chi connectivity index (χ3v) is 0.756. The van der Waals surface area contributed by atoms with Crippen molar-refractivity contribution < 1.29 is 0 Å². The fraction of sp³-hybridized carbons (Fsp3) is 0.